The predicted molar refractivity (Wildman–Crippen MR) is 115 cm³/mol. The largest absolute Gasteiger partial charge is 0.493 e. The zero-order valence-electron chi connectivity index (χ0n) is 17.6. The Hall–Kier alpha value is -2.25. The van der Waals surface area contributed by atoms with Crippen LogP contribution in [0.3, 0.4) is 0 Å². The van der Waals surface area contributed by atoms with Gasteiger partial charge in [0.2, 0.25) is 5.75 Å². The first-order chi connectivity index (χ1) is 14.1. The van der Waals surface area contributed by atoms with E-state index >= 15 is 0 Å². The fraction of sp³-hybridized carbons (Fsp3) is 0.500. The molecule has 2 aromatic rings. The van der Waals surface area contributed by atoms with Gasteiger partial charge < -0.3 is 24.4 Å². The summed E-state index contributed by atoms with van der Waals surface area (Å²) in [6.45, 7) is 5.20. The molecule has 29 heavy (non-hydrogen) atoms. The summed E-state index contributed by atoms with van der Waals surface area (Å²) in [6.07, 6.45) is 2.47. The van der Waals surface area contributed by atoms with Crippen LogP contribution in [0, 0.1) is 5.92 Å². The monoisotopic (exact) mass is 419 g/mol. The lowest BCUT2D eigenvalue weighted by Crippen LogP contribution is -3.14. The lowest BCUT2D eigenvalue weighted by molar-refractivity contribution is -0.935. The van der Waals surface area contributed by atoms with E-state index in [-0.39, 0.29) is 11.9 Å². The molecule has 3 rings (SSSR count). The summed E-state index contributed by atoms with van der Waals surface area (Å²) >= 11 is 1.76. The molecule has 1 fully saturated rings. The summed E-state index contributed by atoms with van der Waals surface area (Å²) in [5.41, 5.74) is 0.492. The number of quaternary nitrogens is 1. The molecule has 0 spiro atoms. The zero-order valence-corrected chi connectivity index (χ0v) is 18.4. The van der Waals surface area contributed by atoms with Crippen molar-refractivity contribution < 1.29 is 23.9 Å². The highest BCUT2D eigenvalue weighted by molar-refractivity contribution is 7.10. The molecule has 6 nitrogen and oxygen atoms in total. The molecule has 1 aliphatic heterocycles. The number of thiophene rings is 1. The van der Waals surface area contributed by atoms with E-state index < -0.39 is 0 Å². The lowest BCUT2D eigenvalue weighted by Gasteiger charge is -2.33. The molecule has 1 aliphatic rings. The number of nitrogens with one attached hydrogen (secondary N) is 2. The molecule has 2 heterocycles. The molecule has 7 heteroatoms. The molecular formula is C22H31N2O4S+. The number of hydrogen-bond acceptors (Lipinski definition) is 5. The van der Waals surface area contributed by atoms with Crippen molar-refractivity contribution in [3.63, 3.8) is 0 Å². The second kappa shape index (κ2) is 9.98. The number of amides is 1. The van der Waals surface area contributed by atoms with Gasteiger partial charge in [-0.05, 0) is 42.3 Å². The third-order valence-electron chi connectivity index (χ3n) is 5.69. The molecule has 2 N–H and O–H groups in total. The van der Waals surface area contributed by atoms with Gasteiger partial charge in [-0.2, -0.15) is 0 Å². The Morgan fingerprint density at radius 2 is 1.83 bits per heavy atom. The van der Waals surface area contributed by atoms with E-state index in [1.807, 2.05) is 0 Å². The molecule has 1 amide bonds. The second-order valence-corrected chi connectivity index (χ2v) is 8.51. The fourth-order valence-corrected chi connectivity index (χ4v) is 4.81. The summed E-state index contributed by atoms with van der Waals surface area (Å²) in [4.78, 5) is 15.8. The number of benzene rings is 1. The number of carbonyl (C=O) groups is 1. The van der Waals surface area contributed by atoms with Crippen LogP contribution in [0.2, 0.25) is 0 Å². The lowest BCUT2D eigenvalue weighted by atomic mass is 9.97. The van der Waals surface area contributed by atoms with Crippen molar-refractivity contribution in [1.29, 1.82) is 0 Å². The number of hydrogen-bond donors (Lipinski definition) is 2. The van der Waals surface area contributed by atoms with E-state index in [1.165, 1.54) is 17.7 Å². The number of likely N-dealkylation sites (tertiary alicyclic amines) is 1. The zero-order chi connectivity index (χ0) is 20.8. The molecule has 0 bridgehead atoms. The summed E-state index contributed by atoms with van der Waals surface area (Å²) in [6, 6.07) is 7.90. The maximum atomic E-state index is 12.9. The molecular weight excluding hydrogens is 388 g/mol. The molecule has 1 aromatic heterocycles. The maximum absolute atomic E-state index is 12.9. The summed E-state index contributed by atoms with van der Waals surface area (Å²) in [5, 5.41) is 5.24. The summed E-state index contributed by atoms with van der Waals surface area (Å²) in [5.74, 6) is 2.08. The van der Waals surface area contributed by atoms with Gasteiger partial charge in [0, 0.05) is 5.56 Å². The van der Waals surface area contributed by atoms with Crippen LogP contribution in [-0.2, 0) is 0 Å². The van der Waals surface area contributed by atoms with Crippen molar-refractivity contribution in [3.8, 4) is 17.2 Å². The van der Waals surface area contributed by atoms with Crippen LogP contribution >= 0.6 is 11.3 Å². The highest BCUT2D eigenvalue weighted by atomic mass is 32.1. The van der Waals surface area contributed by atoms with E-state index in [1.54, 1.807) is 49.7 Å². The average molecular weight is 420 g/mol. The van der Waals surface area contributed by atoms with E-state index in [0.29, 0.717) is 29.4 Å². The number of carbonyl (C=O) groups excluding carboxylic acids is 1. The Balaban J connectivity index is 1.75. The van der Waals surface area contributed by atoms with Gasteiger partial charge in [-0.3, -0.25) is 4.79 Å². The molecule has 0 saturated carbocycles. The van der Waals surface area contributed by atoms with Gasteiger partial charge in [-0.1, -0.05) is 13.0 Å². The minimum Gasteiger partial charge on any atom is -0.493 e. The Morgan fingerprint density at radius 1 is 1.17 bits per heavy atom. The van der Waals surface area contributed by atoms with Crippen molar-refractivity contribution in [2.24, 2.45) is 5.92 Å². The van der Waals surface area contributed by atoms with Crippen molar-refractivity contribution >= 4 is 17.2 Å². The van der Waals surface area contributed by atoms with Gasteiger partial charge in [0.25, 0.3) is 5.91 Å². The van der Waals surface area contributed by atoms with Crippen LogP contribution in [0.4, 0.5) is 0 Å². The number of ether oxygens (including phenoxy) is 3. The normalized spacial score (nSPS) is 20.0. The van der Waals surface area contributed by atoms with Gasteiger partial charge in [-0.25, -0.2) is 0 Å². The van der Waals surface area contributed by atoms with Crippen LogP contribution in [-0.4, -0.2) is 46.9 Å². The third kappa shape index (κ3) is 5.03. The van der Waals surface area contributed by atoms with Crippen LogP contribution in [0.1, 0.15) is 41.0 Å². The Bertz CT molecular complexity index is 776. The maximum Gasteiger partial charge on any atom is 0.251 e. The fourth-order valence-electron chi connectivity index (χ4n) is 3.93. The first-order valence-electron chi connectivity index (χ1n) is 10.0. The van der Waals surface area contributed by atoms with E-state index in [4.69, 9.17) is 14.2 Å². The summed E-state index contributed by atoms with van der Waals surface area (Å²) in [7, 11) is 4.65. The van der Waals surface area contributed by atoms with Gasteiger partial charge in [0.05, 0.1) is 45.8 Å². The highest BCUT2D eigenvalue weighted by Gasteiger charge is 2.29. The topological polar surface area (TPSA) is 61.2 Å². The minimum absolute atomic E-state index is 0.143. The molecule has 1 saturated heterocycles. The second-order valence-electron chi connectivity index (χ2n) is 7.53. The Kier molecular flexibility index (Phi) is 7.39. The van der Waals surface area contributed by atoms with Crippen LogP contribution in [0.15, 0.2) is 29.6 Å². The first kappa shape index (κ1) is 21.5. The predicted octanol–water partition coefficient (Wildman–Crippen LogP) is 2.56. The van der Waals surface area contributed by atoms with Crippen LogP contribution in [0.25, 0.3) is 0 Å². The van der Waals surface area contributed by atoms with Gasteiger partial charge in [0.15, 0.2) is 11.5 Å². The Morgan fingerprint density at radius 3 is 2.34 bits per heavy atom. The SMILES string of the molecule is COc1cc(C(=O)NC[C@H](c2cccs2)[NH+]2CCC(C)CC2)cc(OC)c1OC. The van der Waals surface area contributed by atoms with Crippen molar-refractivity contribution in [2.75, 3.05) is 41.0 Å². The molecule has 158 valence electrons. The number of methoxy groups -OCH3 is 3. The first-order valence-corrected chi connectivity index (χ1v) is 10.9. The highest BCUT2D eigenvalue weighted by Crippen LogP contribution is 2.38. The molecule has 0 aliphatic carbocycles. The molecule has 1 aromatic carbocycles. The molecule has 0 unspecified atom stereocenters. The van der Waals surface area contributed by atoms with Crippen LogP contribution < -0.4 is 24.4 Å². The number of piperidine rings is 1. The standard InChI is InChI=1S/C22H30N2O4S/c1-15-7-9-24(10-8-15)17(20-6-5-11-29-20)14-23-22(25)16-12-18(26-2)21(28-4)19(13-16)27-3/h5-6,11-13,15,17H,7-10,14H2,1-4H3,(H,23,25)/p+1/t17-/m1/s1. The minimum atomic E-state index is -0.143. The van der Waals surface area contributed by atoms with Crippen molar-refractivity contribution in [3.05, 3.63) is 40.1 Å². The summed E-state index contributed by atoms with van der Waals surface area (Å²) < 4.78 is 16.1. The van der Waals surface area contributed by atoms with Gasteiger partial charge in [0.1, 0.15) is 6.04 Å². The number of rotatable bonds is 8. The van der Waals surface area contributed by atoms with Gasteiger partial charge >= 0.3 is 0 Å². The van der Waals surface area contributed by atoms with E-state index in [9.17, 15) is 4.79 Å². The van der Waals surface area contributed by atoms with E-state index in [2.05, 4.69) is 29.8 Å². The smallest absolute Gasteiger partial charge is 0.251 e. The molecule has 1 atom stereocenters. The van der Waals surface area contributed by atoms with Gasteiger partial charge in [-0.15, -0.1) is 11.3 Å². The average Bonchev–Trinajstić information content (AvgIpc) is 3.28. The Labute approximate surface area is 176 Å². The quantitative estimate of drug-likeness (QED) is 0.690. The van der Waals surface area contributed by atoms with Crippen molar-refractivity contribution in [2.45, 2.75) is 25.8 Å². The third-order valence-corrected chi connectivity index (χ3v) is 6.68. The van der Waals surface area contributed by atoms with Crippen LogP contribution in [0.5, 0.6) is 17.2 Å². The molecule has 0 radical (unpaired) electrons. The van der Waals surface area contributed by atoms with Crippen molar-refractivity contribution in [1.82, 2.24) is 5.32 Å². The van der Waals surface area contributed by atoms with E-state index in [0.717, 1.165) is 19.0 Å².